The van der Waals surface area contributed by atoms with E-state index in [9.17, 15) is 23.2 Å². The Morgan fingerprint density at radius 2 is 1.69 bits per heavy atom. The first-order valence-corrected chi connectivity index (χ1v) is 9.31. The Morgan fingerprint density at radius 1 is 1.00 bits per heavy atom. The van der Waals surface area contributed by atoms with Crippen LogP contribution in [0.3, 0.4) is 0 Å². The van der Waals surface area contributed by atoms with Crippen molar-refractivity contribution < 1.29 is 23.2 Å². The lowest BCUT2D eigenvalue weighted by Gasteiger charge is -2.31. The van der Waals surface area contributed by atoms with Crippen molar-refractivity contribution in [3.05, 3.63) is 65.7 Å². The first kappa shape index (κ1) is 20.4. The first-order valence-electron chi connectivity index (χ1n) is 9.31. The highest BCUT2D eigenvalue weighted by Gasteiger charge is 2.27. The van der Waals surface area contributed by atoms with Gasteiger partial charge in [0.15, 0.2) is 0 Å². The van der Waals surface area contributed by atoms with Gasteiger partial charge in [0, 0.05) is 30.8 Å². The summed E-state index contributed by atoms with van der Waals surface area (Å²) in [4.78, 5) is 38.2. The number of benzene rings is 2. The van der Waals surface area contributed by atoms with E-state index in [1.54, 1.807) is 4.90 Å². The van der Waals surface area contributed by atoms with E-state index < -0.39 is 17.5 Å². The van der Waals surface area contributed by atoms with Crippen LogP contribution in [0.1, 0.15) is 23.2 Å². The molecule has 1 saturated heterocycles. The average Bonchev–Trinajstić information content (AvgIpc) is 2.72. The standard InChI is InChI=1S/C21H21F2N3O3/c22-15-6-7-17(18(23)12-15)21(29)24-13-19(27)26-10-8-14(9-11-26)20(28)25-16-4-2-1-3-5-16/h1-7,12,14H,8-11,13H2,(H,24,29)(H,25,28). The summed E-state index contributed by atoms with van der Waals surface area (Å²) in [6, 6.07) is 11.8. The molecule has 1 fully saturated rings. The van der Waals surface area contributed by atoms with Gasteiger partial charge in [-0.05, 0) is 37.1 Å². The SMILES string of the molecule is O=C(NCC(=O)N1CCC(C(=O)Nc2ccccc2)CC1)c1ccc(F)cc1F. The molecule has 6 nitrogen and oxygen atoms in total. The summed E-state index contributed by atoms with van der Waals surface area (Å²) in [5.74, 6) is -3.14. The van der Waals surface area contributed by atoms with Crippen LogP contribution in [-0.4, -0.2) is 42.3 Å². The second-order valence-corrected chi connectivity index (χ2v) is 6.82. The van der Waals surface area contributed by atoms with E-state index >= 15 is 0 Å². The minimum absolute atomic E-state index is 0.0802. The van der Waals surface area contributed by atoms with Crippen LogP contribution in [0.25, 0.3) is 0 Å². The number of para-hydroxylation sites is 1. The maximum Gasteiger partial charge on any atom is 0.254 e. The molecule has 0 aromatic heterocycles. The van der Waals surface area contributed by atoms with Gasteiger partial charge in [-0.1, -0.05) is 18.2 Å². The van der Waals surface area contributed by atoms with Crippen LogP contribution in [0, 0.1) is 17.6 Å². The normalized spacial score (nSPS) is 14.3. The van der Waals surface area contributed by atoms with Crippen LogP contribution >= 0.6 is 0 Å². The van der Waals surface area contributed by atoms with Crippen LogP contribution in [0.5, 0.6) is 0 Å². The number of carbonyl (C=O) groups excluding carboxylic acids is 3. The molecule has 3 amide bonds. The number of nitrogens with one attached hydrogen (secondary N) is 2. The zero-order chi connectivity index (χ0) is 20.8. The Kier molecular flexibility index (Phi) is 6.54. The molecule has 0 bridgehead atoms. The molecule has 0 aliphatic carbocycles. The number of anilines is 1. The highest BCUT2D eigenvalue weighted by atomic mass is 19.1. The number of amides is 3. The molecule has 0 saturated carbocycles. The zero-order valence-electron chi connectivity index (χ0n) is 15.7. The van der Waals surface area contributed by atoms with Crippen LogP contribution in [0.2, 0.25) is 0 Å². The number of halogens is 2. The Hall–Kier alpha value is -3.29. The van der Waals surface area contributed by atoms with E-state index in [-0.39, 0.29) is 29.8 Å². The molecule has 0 radical (unpaired) electrons. The van der Waals surface area contributed by atoms with Crippen molar-refractivity contribution >= 4 is 23.4 Å². The molecule has 1 aliphatic rings. The topological polar surface area (TPSA) is 78.5 Å². The zero-order valence-corrected chi connectivity index (χ0v) is 15.7. The molecule has 8 heteroatoms. The Morgan fingerprint density at radius 3 is 2.34 bits per heavy atom. The van der Waals surface area contributed by atoms with Gasteiger partial charge in [-0.15, -0.1) is 0 Å². The maximum absolute atomic E-state index is 13.6. The molecular formula is C21H21F2N3O3. The summed E-state index contributed by atoms with van der Waals surface area (Å²) in [6.45, 7) is 0.496. The fraction of sp³-hybridized carbons (Fsp3) is 0.286. The van der Waals surface area contributed by atoms with Crippen molar-refractivity contribution in [1.29, 1.82) is 0 Å². The molecule has 0 unspecified atom stereocenters. The molecular weight excluding hydrogens is 380 g/mol. The fourth-order valence-corrected chi connectivity index (χ4v) is 3.19. The van der Waals surface area contributed by atoms with E-state index in [2.05, 4.69) is 10.6 Å². The van der Waals surface area contributed by atoms with E-state index in [0.29, 0.717) is 32.0 Å². The summed E-state index contributed by atoms with van der Waals surface area (Å²) < 4.78 is 26.5. The first-order chi connectivity index (χ1) is 13.9. The summed E-state index contributed by atoms with van der Waals surface area (Å²) in [7, 11) is 0. The molecule has 1 heterocycles. The minimum atomic E-state index is -0.986. The van der Waals surface area contributed by atoms with Crippen molar-refractivity contribution in [2.75, 3.05) is 25.0 Å². The highest BCUT2D eigenvalue weighted by molar-refractivity contribution is 5.96. The molecule has 2 aromatic carbocycles. The maximum atomic E-state index is 13.6. The molecule has 3 rings (SSSR count). The van der Waals surface area contributed by atoms with Gasteiger partial charge in [-0.2, -0.15) is 0 Å². The molecule has 2 N–H and O–H groups in total. The van der Waals surface area contributed by atoms with Gasteiger partial charge in [-0.3, -0.25) is 14.4 Å². The van der Waals surface area contributed by atoms with Gasteiger partial charge < -0.3 is 15.5 Å². The second-order valence-electron chi connectivity index (χ2n) is 6.82. The molecule has 0 atom stereocenters. The lowest BCUT2D eigenvalue weighted by Crippen LogP contribution is -2.45. The summed E-state index contributed by atoms with van der Waals surface area (Å²) in [5, 5.41) is 5.21. The fourth-order valence-electron chi connectivity index (χ4n) is 3.19. The average molecular weight is 401 g/mol. The van der Waals surface area contributed by atoms with Gasteiger partial charge in [0.2, 0.25) is 11.8 Å². The van der Waals surface area contributed by atoms with Crippen LogP contribution in [0.15, 0.2) is 48.5 Å². The molecule has 2 aromatic rings. The highest BCUT2D eigenvalue weighted by Crippen LogP contribution is 2.19. The molecule has 152 valence electrons. The van der Waals surface area contributed by atoms with E-state index in [1.807, 2.05) is 30.3 Å². The van der Waals surface area contributed by atoms with Crippen LogP contribution in [-0.2, 0) is 9.59 Å². The Balaban J connectivity index is 1.45. The number of piperidine rings is 1. The predicted octanol–water partition coefficient (Wildman–Crippen LogP) is 2.57. The Bertz CT molecular complexity index is 897. The van der Waals surface area contributed by atoms with Gasteiger partial charge >= 0.3 is 0 Å². The van der Waals surface area contributed by atoms with Gasteiger partial charge in [-0.25, -0.2) is 8.78 Å². The third kappa shape index (κ3) is 5.37. The van der Waals surface area contributed by atoms with Crippen molar-refractivity contribution in [3.8, 4) is 0 Å². The third-order valence-corrected chi connectivity index (χ3v) is 4.84. The third-order valence-electron chi connectivity index (χ3n) is 4.84. The predicted molar refractivity (Wildman–Crippen MR) is 103 cm³/mol. The number of nitrogens with zero attached hydrogens (tertiary/aromatic N) is 1. The smallest absolute Gasteiger partial charge is 0.254 e. The summed E-state index contributed by atoms with van der Waals surface area (Å²) in [6.07, 6.45) is 1.04. The van der Waals surface area contributed by atoms with E-state index in [0.717, 1.165) is 17.8 Å². The largest absolute Gasteiger partial charge is 0.343 e. The Labute approximate surface area is 166 Å². The number of rotatable bonds is 5. The van der Waals surface area contributed by atoms with E-state index in [4.69, 9.17) is 0 Å². The second kappa shape index (κ2) is 9.27. The summed E-state index contributed by atoms with van der Waals surface area (Å²) in [5.41, 5.74) is 0.405. The number of hydrogen-bond acceptors (Lipinski definition) is 3. The van der Waals surface area contributed by atoms with Crippen molar-refractivity contribution in [3.63, 3.8) is 0 Å². The summed E-state index contributed by atoms with van der Waals surface area (Å²) >= 11 is 0. The van der Waals surface area contributed by atoms with Crippen molar-refractivity contribution in [1.82, 2.24) is 10.2 Å². The van der Waals surface area contributed by atoms with Crippen LogP contribution in [0.4, 0.5) is 14.5 Å². The van der Waals surface area contributed by atoms with Crippen LogP contribution < -0.4 is 10.6 Å². The van der Waals surface area contributed by atoms with Gasteiger partial charge in [0.25, 0.3) is 5.91 Å². The van der Waals surface area contributed by atoms with Crippen molar-refractivity contribution in [2.24, 2.45) is 5.92 Å². The quantitative estimate of drug-likeness (QED) is 0.808. The number of likely N-dealkylation sites (tertiary alicyclic amines) is 1. The van der Waals surface area contributed by atoms with E-state index in [1.165, 1.54) is 0 Å². The monoisotopic (exact) mass is 401 g/mol. The lowest BCUT2D eigenvalue weighted by atomic mass is 9.95. The van der Waals surface area contributed by atoms with Crippen molar-refractivity contribution in [2.45, 2.75) is 12.8 Å². The van der Waals surface area contributed by atoms with Gasteiger partial charge in [0.05, 0.1) is 12.1 Å². The number of hydrogen-bond donors (Lipinski definition) is 2. The lowest BCUT2D eigenvalue weighted by molar-refractivity contribution is -0.133. The number of carbonyl (C=O) groups is 3. The molecule has 29 heavy (non-hydrogen) atoms. The minimum Gasteiger partial charge on any atom is -0.343 e. The van der Waals surface area contributed by atoms with Gasteiger partial charge in [0.1, 0.15) is 11.6 Å². The molecule has 1 aliphatic heterocycles. The molecule has 0 spiro atoms.